The molecule has 2 aromatic heterocycles. The summed E-state index contributed by atoms with van der Waals surface area (Å²) in [4.78, 5) is 19.2. The third-order valence-corrected chi connectivity index (χ3v) is 8.26. The van der Waals surface area contributed by atoms with Gasteiger partial charge in [-0.05, 0) is 62.7 Å². The van der Waals surface area contributed by atoms with E-state index in [1.165, 1.54) is 12.0 Å². The van der Waals surface area contributed by atoms with Crippen molar-refractivity contribution in [2.45, 2.75) is 39.5 Å². The number of fused-ring (bicyclic) bond motifs is 1. The summed E-state index contributed by atoms with van der Waals surface area (Å²) < 4.78 is 5.85. The third-order valence-electron chi connectivity index (χ3n) is 7.64. The minimum absolute atomic E-state index is 0.0767. The van der Waals surface area contributed by atoms with E-state index in [1.807, 2.05) is 13.1 Å². The maximum absolute atomic E-state index is 10.1. The van der Waals surface area contributed by atoms with E-state index in [-0.39, 0.29) is 11.8 Å². The minimum atomic E-state index is -0.659. The van der Waals surface area contributed by atoms with Crippen molar-refractivity contribution in [3.63, 3.8) is 0 Å². The van der Waals surface area contributed by atoms with Gasteiger partial charge < -0.3 is 30.3 Å². The predicted octanol–water partition coefficient (Wildman–Crippen LogP) is 4.36. The molecule has 0 radical (unpaired) electrons. The van der Waals surface area contributed by atoms with E-state index in [9.17, 15) is 5.11 Å². The fraction of sp³-hybridized carbons (Fsp3) is 0.400. The second-order valence-corrected chi connectivity index (χ2v) is 11.4. The summed E-state index contributed by atoms with van der Waals surface area (Å²) in [6, 6.07) is 7.47. The topological polar surface area (TPSA) is 123 Å². The molecule has 3 aromatic rings. The number of nitrogens with zero attached hydrogens (tertiary/aromatic N) is 5. The minimum Gasteiger partial charge on any atom is -0.491 e. The highest BCUT2D eigenvalue weighted by Gasteiger charge is 2.28. The Morgan fingerprint density at radius 3 is 2.57 bits per heavy atom. The zero-order valence-electron chi connectivity index (χ0n) is 24.3. The van der Waals surface area contributed by atoms with Gasteiger partial charge in [-0.3, -0.25) is 5.41 Å². The molecule has 5 rings (SSSR count). The summed E-state index contributed by atoms with van der Waals surface area (Å²) in [5.74, 6) is 2.72. The van der Waals surface area contributed by atoms with Gasteiger partial charge >= 0.3 is 0 Å². The summed E-state index contributed by atoms with van der Waals surface area (Å²) in [6.45, 7) is 7.72. The molecule has 0 unspecified atom stereocenters. The van der Waals surface area contributed by atoms with Crippen LogP contribution in [0, 0.1) is 12.3 Å². The van der Waals surface area contributed by atoms with Gasteiger partial charge in [0.25, 0.3) is 0 Å². The molecule has 1 atom stereocenters. The summed E-state index contributed by atoms with van der Waals surface area (Å²) >= 11 is 12.8. The molecule has 0 aliphatic carbocycles. The number of hydrogen-bond donors (Lipinski definition) is 4. The molecule has 1 saturated heterocycles. The van der Waals surface area contributed by atoms with E-state index < -0.39 is 6.10 Å². The summed E-state index contributed by atoms with van der Waals surface area (Å²) in [6.07, 6.45) is 2.51. The van der Waals surface area contributed by atoms with Gasteiger partial charge in [0.15, 0.2) is 5.82 Å². The van der Waals surface area contributed by atoms with E-state index >= 15 is 0 Å². The molecule has 0 amide bonds. The largest absolute Gasteiger partial charge is 0.491 e. The first-order valence-corrected chi connectivity index (χ1v) is 14.7. The highest BCUT2D eigenvalue weighted by Crippen LogP contribution is 2.37. The van der Waals surface area contributed by atoms with Crippen LogP contribution in [-0.2, 0) is 13.1 Å². The molecule has 0 spiro atoms. The van der Waals surface area contributed by atoms with E-state index in [1.54, 1.807) is 39.2 Å². The monoisotopic (exact) mass is 610 g/mol. The normalized spacial score (nSPS) is 15.6. The Balaban J connectivity index is 1.57. The van der Waals surface area contributed by atoms with Gasteiger partial charge in [0.2, 0.25) is 0 Å². The highest BCUT2D eigenvalue weighted by molar-refractivity contribution is 6.69. The summed E-state index contributed by atoms with van der Waals surface area (Å²) in [7, 11) is 3.56. The van der Waals surface area contributed by atoms with E-state index in [0.717, 1.165) is 35.9 Å². The van der Waals surface area contributed by atoms with Crippen molar-refractivity contribution in [1.29, 1.82) is 5.41 Å². The van der Waals surface area contributed by atoms with Crippen LogP contribution >= 0.6 is 23.2 Å². The van der Waals surface area contributed by atoms with Gasteiger partial charge in [0.1, 0.15) is 35.3 Å². The standard InChI is InChI=1S/C30H36Cl2N8O2/c1-17(28(32)33)26(35-4)27-18(2)30(40-14-19-10-25(39-8-5-9-39)36-12-20(19)15-40)38-29(37-27)23-11-22(6-7-24(23)31)42-16-21(41)13-34-3/h6-7,10-12,21,33-35,41H,5,8-9,13-16H2,1-4H3/b26-17-,33-28?/t21-/m1/s1. The molecule has 42 heavy (non-hydrogen) atoms. The average molecular weight is 612 g/mol. The van der Waals surface area contributed by atoms with Crippen LogP contribution in [0.1, 0.15) is 35.7 Å². The molecule has 0 bridgehead atoms. The van der Waals surface area contributed by atoms with Crippen molar-refractivity contribution >= 4 is 45.7 Å². The van der Waals surface area contributed by atoms with Gasteiger partial charge in [0.05, 0.1) is 16.4 Å². The Hall–Kier alpha value is -3.44. The number of anilines is 2. The van der Waals surface area contributed by atoms with Crippen molar-refractivity contribution in [3.05, 3.63) is 63.4 Å². The number of aliphatic hydroxyl groups excluding tert-OH is 1. The molecule has 4 heterocycles. The Bertz CT molecular complexity index is 1530. The maximum Gasteiger partial charge on any atom is 0.163 e. The molecular weight excluding hydrogens is 575 g/mol. The molecule has 0 saturated carbocycles. The number of pyridine rings is 1. The second-order valence-electron chi connectivity index (χ2n) is 10.6. The number of rotatable bonds is 11. The number of aliphatic hydroxyl groups is 1. The smallest absolute Gasteiger partial charge is 0.163 e. The third kappa shape index (κ3) is 6.17. The first-order chi connectivity index (χ1) is 20.2. The molecule has 12 heteroatoms. The van der Waals surface area contributed by atoms with E-state index in [2.05, 4.69) is 26.5 Å². The number of benzene rings is 1. The van der Waals surface area contributed by atoms with Crippen LogP contribution in [0.3, 0.4) is 0 Å². The fourth-order valence-corrected chi connectivity index (χ4v) is 5.46. The van der Waals surface area contributed by atoms with E-state index in [4.69, 9.17) is 48.3 Å². The number of hydrogen-bond acceptors (Lipinski definition) is 10. The van der Waals surface area contributed by atoms with E-state index in [0.29, 0.717) is 58.8 Å². The molecule has 4 N–H and O–H groups in total. The number of nitrogens with one attached hydrogen (secondary N) is 3. The van der Waals surface area contributed by atoms with Gasteiger partial charge in [-0.1, -0.05) is 23.2 Å². The first kappa shape index (κ1) is 30.0. The lowest BCUT2D eigenvalue weighted by Gasteiger charge is -2.32. The van der Waals surface area contributed by atoms with Crippen molar-refractivity contribution in [3.8, 4) is 17.1 Å². The van der Waals surface area contributed by atoms with Crippen LogP contribution < -0.4 is 25.2 Å². The number of likely N-dealkylation sites (N-methyl/N-ethyl adjacent to an activating group) is 1. The second kappa shape index (κ2) is 12.8. The Labute approximate surface area is 256 Å². The first-order valence-electron chi connectivity index (χ1n) is 13.9. The van der Waals surface area contributed by atoms with Crippen LogP contribution in [0.4, 0.5) is 11.6 Å². The average Bonchev–Trinajstić information content (AvgIpc) is 3.36. The SMILES string of the molecule is CNC[C@@H](O)COc1ccc(Cl)c(-c2nc(/C(NC)=C(\C)C(=N)Cl)c(C)c(N3Cc4cnc(N5CCC5)cc4C3)n2)c1. The summed E-state index contributed by atoms with van der Waals surface area (Å²) in [5.41, 5.74) is 5.65. The Kier molecular flexibility index (Phi) is 9.17. The molecule has 222 valence electrons. The molecule has 2 aliphatic heterocycles. The van der Waals surface area contributed by atoms with Crippen molar-refractivity contribution in [2.75, 3.05) is 50.1 Å². The van der Waals surface area contributed by atoms with Gasteiger partial charge in [-0.25, -0.2) is 15.0 Å². The highest BCUT2D eigenvalue weighted by atomic mass is 35.5. The number of allylic oxidation sites excluding steroid dienone is 1. The fourth-order valence-electron chi connectivity index (χ4n) is 5.16. The van der Waals surface area contributed by atoms with Crippen LogP contribution in [0.25, 0.3) is 17.1 Å². The molecule has 1 fully saturated rings. The van der Waals surface area contributed by atoms with Crippen molar-refractivity contribution in [2.24, 2.45) is 0 Å². The maximum atomic E-state index is 10.1. The molecular formula is C30H36Cl2N8O2. The summed E-state index contributed by atoms with van der Waals surface area (Å²) in [5, 5.41) is 24.7. The lowest BCUT2D eigenvalue weighted by molar-refractivity contribution is 0.108. The zero-order chi connectivity index (χ0) is 30.0. The number of ether oxygens (including phenoxy) is 1. The number of halogens is 2. The van der Waals surface area contributed by atoms with Crippen LogP contribution in [0.2, 0.25) is 5.02 Å². The van der Waals surface area contributed by atoms with Crippen LogP contribution in [0.5, 0.6) is 5.75 Å². The molecule has 1 aromatic carbocycles. The van der Waals surface area contributed by atoms with Gasteiger partial charge in [-0.15, -0.1) is 0 Å². The lowest BCUT2D eigenvalue weighted by Crippen LogP contribution is -2.37. The zero-order valence-corrected chi connectivity index (χ0v) is 25.8. The van der Waals surface area contributed by atoms with Gasteiger partial charge in [-0.2, -0.15) is 0 Å². The van der Waals surface area contributed by atoms with Crippen molar-refractivity contribution in [1.82, 2.24) is 25.6 Å². The van der Waals surface area contributed by atoms with Crippen LogP contribution in [0.15, 0.2) is 36.0 Å². The number of aromatic nitrogens is 3. The van der Waals surface area contributed by atoms with Crippen LogP contribution in [-0.4, -0.2) is 71.7 Å². The Morgan fingerprint density at radius 1 is 1.14 bits per heavy atom. The lowest BCUT2D eigenvalue weighted by atomic mass is 10.1. The molecule has 10 nitrogen and oxygen atoms in total. The quantitative estimate of drug-likeness (QED) is 0.235. The van der Waals surface area contributed by atoms with Crippen molar-refractivity contribution < 1.29 is 9.84 Å². The van der Waals surface area contributed by atoms with Gasteiger partial charge in [0, 0.05) is 62.7 Å². The Morgan fingerprint density at radius 2 is 1.90 bits per heavy atom. The predicted molar refractivity (Wildman–Crippen MR) is 169 cm³/mol. The molecule has 2 aliphatic rings.